The lowest BCUT2D eigenvalue weighted by Gasteiger charge is -2.30. The average molecular weight is 346 g/mol. The molecule has 0 unspecified atom stereocenters. The fourth-order valence-electron chi connectivity index (χ4n) is 3.61. The molecule has 2 aromatic carbocycles. The zero-order valence-corrected chi connectivity index (χ0v) is 15.0. The summed E-state index contributed by atoms with van der Waals surface area (Å²) in [6, 6.07) is 13.0. The maximum absolute atomic E-state index is 13.3. The molecule has 0 saturated carbocycles. The summed E-state index contributed by atoms with van der Waals surface area (Å²) in [7, 11) is 3.36. The number of hydrogen-bond acceptors (Lipinski definition) is 2. The highest BCUT2D eigenvalue weighted by Gasteiger charge is 2.24. The van der Waals surface area contributed by atoms with Crippen LogP contribution >= 0.6 is 0 Å². The molecule has 3 rings (SSSR count). The van der Waals surface area contributed by atoms with Crippen molar-refractivity contribution in [2.75, 3.05) is 40.4 Å². The van der Waals surface area contributed by atoms with E-state index in [1.807, 2.05) is 18.2 Å². The van der Waals surface area contributed by atoms with E-state index >= 15 is 0 Å². The van der Waals surface area contributed by atoms with Gasteiger partial charge in [-0.2, -0.15) is 0 Å². The highest BCUT2D eigenvalue weighted by atomic mass is 19.1. The second-order valence-corrected chi connectivity index (χ2v) is 6.64. The minimum Gasteiger partial charge on any atom is -0.493 e. The van der Waals surface area contributed by atoms with Gasteiger partial charge in [-0.15, -0.1) is 0 Å². The Labute approximate surface area is 148 Å². The lowest BCUT2D eigenvalue weighted by molar-refractivity contribution is -1.02. The van der Waals surface area contributed by atoms with E-state index in [1.165, 1.54) is 16.5 Å². The minimum atomic E-state index is -0.147. The summed E-state index contributed by atoms with van der Waals surface area (Å²) in [5.41, 5.74) is 2.26. The molecule has 1 saturated heterocycles. The van der Waals surface area contributed by atoms with Gasteiger partial charge < -0.3 is 19.3 Å². The van der Waals surface area contributed by atoms with E-state index in [-0.39, 0.29) is 5.82 Å². The van der Waals surface area contributed by atoms with Gasteiger partial charge in [0.05, 0.1) is 19.8 Å². The van der Waals surface area contributed by atoms with E-state index < -0.39 is 0 Å². The summed E-state index contributed by atoms with van der Waals surface area (Å²) in [5, 5.41) is 0. The monoisotopic (exact) mass is 346 g/mol. The molecule has 1 aliphatic heterocycles. The van der Waals surface area contributed by atoms with Gasteiger partial charge in [-0.1, -0.05) is 18.2 Å². The minimum absolute atomic E-state index is 0.147. The summed E-state index contributed by atoms with van der Waals surface area (Å²) >= 11 is 0. The van der Waals surface area contributed by atoms with Crippen molar-refractivity contribution in [3.63, 3.8) is 0 Å². The molecule has 0 aromatic heterocycles. The Hall–Kier alpha value is -2.11. The van der Waals surface area contributed by atoms with Crippen LogP contribution in [0.25, 0.3) is 0 Å². The lowest BCUT2D eigenvalue weighted by atomic mass is 10.1. The molecular formula is C20H27FN2O2+2. The van der Waals surface area contributed by atoms with Crippen LogP contribution in [0.4, 0.5) is 4.39 Å². The molecule has 2 aromatic rings. The van der Waals surface area contributed by atoms with E-state index in [0.29, 0.717) is 0 Å². The lowest BCUT2D eigenvalue weighted by Crippen LogP contribution is -3.27. The first-order valence-electron chi connectivity index (χ1n) is 8.81. The number of rotatable bonds is 6. The highest BCUT2D eigenvalue weighted by Crippen LogP contribution is 2.30. The molecule has 0 aliphatic carbocycles. The largest absolute Gasteiger partial charge is 0.493 e. The Morgan fingerprint density at radius 2 is 1.56 bits per heavy atom. The highest BCUT2D eigenvalue weighted by molar-refractivity contribution is 5.46. The van der Waals surface area contributed by atoms with E-state index in [1.54, 1.807) is 31.3 Å². The van der Waals surface area contributed by atoms with Crippen molar-refractivity contribution in [1.82, 2.24) is 0 Å². The molecule has 5 heteroatoms. The maximum Gasteiger partial charge on any atom is 0.169 e. The van der Waals surface area contributed by atoms with Crippen molar-refractivity contribution in [2.45, 2.75) is 13.1 Å². The molecular weight excluding hydrogens is 319 g/mol. The smallest absolute Gasteiger partial charge is 0.169 e. The van der Waals surface area contributed by atoms with Crippen LogP contribution in [0.5, 0.6) is 11.5 Å². The second-order valence-electron chi connectivity index (χ2n) is 6.64. The Balaban J connectivity index is 1.56. The Morgan fingerprint density at radius 3 is 2.20 bits per heavy atom. The number of para-hydroxylation sites is 1. The van der Waals surface area contributed by atoms with Gasteiger partial charge in [0.1, 0.15) is 45.1 Å². The Kier molecular flexibility index (Phi) is 5.89. The third-order valence-electron chi connectivity index (χ3n) is 4.93. The summed E-state index contributed by atoms with van der Waals surface area (Å²) in [6.45, 7) is 6.23. The predicted octanol–water partition coefficient (Wildman–Crippen LogP) is 0.327. The molecule has 0 radical (unpaired) electrons. The van der Waals surface area contributed by atoms with Crippen LogP contribution in [0.1, 0.15) is 11.1 Å². The van der Waals surface area contributed by atoms with Crippen molar-refractivity contribution in [2.24, 2.45) is 0 Å². The topological polar surface area (TPSA) is 27.3 Å². The van der Waals surface area contributed by atoms with Crippen molar-refractivity contribution in [1.29, 1.82) is 0 Å². The Bertz CT molecular complexity index is 700. The zero-order chi connectivity index (χ0) is 17.6. The van der Waals surface area contributed by atoms with Gasteiger partial charge in [0.25, 0.3) is 0 Å². The van der Waals surface area contributed by atoms with E-state index in [2.05, 4.69) is 6.07 Å². The average Bonchev–Trinajstić information content (AvgIpc) is 2.63. The standard InChI is InChI=1S/C20H25FN2O2/c1-24-19-8-4-6-17(20(19)25-2)15-23-11-9-22(10-12-23)14-16-5-3-7-18(21)13-16/h3-8,13H,9-12,14-15H2,1-2H3/p+2. The Morgan fingerprint density at radius 1 is 0.880 bits per heavy atom. The molecule has 1 heterocycles. The quantitative estimate of drug-likeness (QED) is 0.789. The fraction of sp³-hybridized carbons (Fsp3) is 0.400. The molecule has 0 bridgehead atoms. The van der Waals surface area contributed by atoms with Crippen LogP contribution in [-0.2, 0) is 13.1 Å². The molecule has 2 N–H and O–H groups in total. The van der Waals surface area contributed by atoms with E-state index in [0.717, 1.165) is 56.3 Å². The number of halogens is 1. The summed E-state index contributed by atoms with van der Waals surface area (Å²) in [6.07, 6.45) is 0. The summed E-state index contributed by atoms with van der Waals surface area (Å²) in [4.78, 5) is 3.07. The first-order chi connectivity index (χ1) is 12.2. The number of ether oxygens (including phenoxy) is 2. The zero-order valence-electron chi connectivity index (χ0n) is 15.0. The molecule has 25 heavy (non-hydrogen) atoms. The molecule has 0 amide bonds. The third-order valence-corrected chi connectivity index (χ3v) is 4.93. The molecule has 1 fully saturated rings. The van der Waals surface area contributed by atoms with Gasteiger partial charge in [0, 0.05) is 5.56 Å². The summed E-state index contributed by atoms with van der Waals surface area (Å²) < 4.78 is 24.3. The van der Waals surface area contributed by atoms with Crippen LogP contribution in [-0.4, -0.2) is 40.4 Å². The predicted molar refractivity (Wildman–Crippen MR) is 94.7 cm³/mol. The van der Waals surface area contributed by atoms with Gasteiger partial charge in [0.15, 0.2) is 11.5 Å². The van der Waals surface area contributed by atoms with Gasteiger partial charge in [-0.05, 0) is 24.3 Å². The first kappa shape index (κ1) is 17.7. The molecule has 0 spiro atoms. The van der Waals surface area contributed by atoms with Gasteiger partial charge in [-0.3, -0.25) is 0 Å². The number of hydrogen-bond donors (Lipinski definition) is 2. The van der Waals surface area contributed by atoms with Crippen molar-refractivity contribution in [3.8, 4) is 11.5 Å². The van der Waals surface area contributed by atoms with Crippen molar-refractivity contribution in [3.05, 3.63) is 59.4 Å². The molecule has 0 atom stereocenters. The van der Waals surface area contributed by atoms with Crippen LogP contribution in [0.3, 0.4) is 0 Å². The first-order valence-corrected chi connectivity index (χ1v) is 8.81. The van der Waals surface area contributed by atoms with E-state index in [4.69, 9.17) is 9.47 Å². The van der Waals surface area contributed by atoms with Crippen LogP contribution in [0, 0.1) is 5.82 Å². The number of quaternary nitrogens is 2. The molecule has 4 nitrogen and oxygen atoms in total. The SMILES string of the molecule is COc1cccc(C[NH+]2CC[NH+](Cc3cccc(F)c3)CC2)c1OC. The van der Waals surface area contributed by atoms with Crippen molar-refractivity contribution < 1.29 is 23.7 Å². The van der Waals surface area contributed by atoms with Crippen molar-refractivity contribution >= 4 is 0 Å². The number of piperazine rings is 1. The molecule has 134 valence electrons. The maximum atomic E-state index is 13.3. The summed E-state index contributed by atoms with van der Waals surface area (Å²) in [5.74, 6) is 1.48. The van der Waals surface area contributed by atoms with Gasteiger partial charge in [-0.25, -0.2) is 4.39 Å². The van der Waals surface area contributed by atoms with Crippen LogP contribution in [0.15, 0.2) is 42.5 Å². The van der Waals surface area contributed by atoms with Crippen LogP contribution < -0.4 is 19.3 Å². The van der Waals surface area contributed by atoms with Gasteiger partial charge in [0.2, 0.25) is 0 Å². The fourth-order valence-corrected chi connectivity index (χ4v) is 3.61. The van der Waals surface area contributed by atoms with Gasteiger partial charge >= 0.3 is 0 Å². The van der Waals surface area contributed by atoms with Crippen LogP contribution in [0.2, 0.25) is 0 Å². The number of methoxy groups -OCH3 is 2. The normalized spacial score (nSPS) is 20.3. The second kappa shape index (κ2) is 8.32. The third kappa shape index (κ3) is 4.50. The molecule has 1 aliphatic rings. The number of benzene rings is 2. The van der Waals surface area contributed by atoms with E-state index in [9.17, 15) is 4.39 Å². The number of nitrogens with one attached hydrogen (secondary N) is 2.